The normalized spacial score (nSPS) is 22.1. The number of carbonyl (C=O) groups excluding carboxylic acids is 1. The summed E-state index contributed by atoms with van der Waals surface area (Å²) in [7, 11) is 0. The van der Waals surface area contributed by atoms with Gasteiger partial charge in [-0.2, -0.15) is 5.26 Å². The summed E-state index contributed by atoms with van der Waals surface area (Å²) in [5, 5.41) is 9.46. The van der Waals surface area contributed by atoms with Crippen LogP contribution in [0.5, 0.6) is 0 Å². The summed E-state index contributed by atoms with van der Waals surface area (Å²) in [4.78, 5) is 13.5. The number of halogens is 2. The molecule has 4 nitrogen and oxygen atoms in total. The predicted octanol–water partition coefficient (Wildman–Crippen LogP) is 2.31. The van der Waals surface area contributed by atoms with Crippen LogP contribution in [0.1, 0.15) is 17.3 Å². The number of nitrogens with two attached hydrogens (primary N) is 1. The standard InChI is InChI=1S/C11H9Cl2N3O/c1-11(4-14)5-16(11)10(17)7-2-6(12)3-8(13)9(7)15/h2-3H,5,15H2,1H3. The minimum Gasteiger partial charge on any atom is -0.397 e. The molecule has 1 aliphatic rings. The van der Waals surface area contributed by atoms with Crippen LogP contribution >= 0.6 is 23.2 Å². The zero-order valence-electron chi connectivity index (χ0n) is 9.00. The lowest BCUT2D eigenvalue weighted by Gasteiger charge is -2.09. The van der Waals surface area contributed by atoms with Crippen molar-refractivity contribution in [3.63, 3.8) is 0 Å². The largest absolute Gasteiger partial charge is 0.397 e. The zero-order valence-corrected chi connectivity index (χ0v) is 10.5. The van der Waals surface area contributed by atoms with E-state index >= 15 is 0 Å². The molecule has 1 fully saturated rings. The maximum absolute atomic E-state index is 12.1. The molecule has 0 spiro atoms. The number of anilines is 1. The van der Waals surface area contributed by atoms with Gasteiger partial charge in [0.2, 0.25) is 0 Å². The van der Waals surface area contributed by atoms with Crippen LogP contribution in [0.3, 0.4) is 0 Å². The van der Waals surface area contributed by atoms with Crippen LogP contribution in [0.25, 0.3) is 0 Å². The van der Waals surface area contributed by atoms with Gasteiger partial charge >= 0.3 is 0 Å². The van der Waals surface area contributed by atoms with Crippen LogP contribution in [-0.2, 0) is 0 Å². The van der Waals surface area contributed by atoms with Gasteiger partial charge in [-0.15, -0.1) is 0 Å². The van der Waals surface area contributed by atoms with Gasteiger partial charge in [0.05, 0.1) is 28.9 Å². The van der Waals surface area contributed by atoms with Crippen molar-refractivity contribution in [3.05, 3.63) is 27.7 Å². The summed E-state index contributed by atoms with van der Waals surface area (Å²) < 4.78 is 0. The Morgan fingerprint density at radius 2 is 2.24 bits per heavy atom. The van der Waals surface area contributed by atoms with Crippen molar-refractivity contribution in [2.24, 2.45) is 0 Å². The maximum Gasteiger partial charge on any atom is 0.257 e. The fourth-order valence-electron chi connectivity index (χ4n) is 1.57. The number of nitrogens with zero attached hydrogens (tertiary/aromatic N) is 2. The number of rotatable bonds is 1. The second-order valence-corrected chi connectivity index (χ2v) is 4.97. The minimum atomic E-state index is -0.738. The van der Waals surface area contributed by atoms with Gasteiger partial charge in [-0.3, -0.25) is 4.79 Å². The van der Waals surface area contributed by atoms with Crippen molar-refractivity contribution >= 4 is 34.8 Å². The van der Waals surface area contributed by atoms with E-state index in [4.69, 9.17) is 34.2 Å². The molecule has 0 radical (unpaired) electrons. The van der Waals surface area contributed by atoms with E-state index in [0.717, 1.165) is 0 Å². The number of hydrogen-bond acceptors (Lipinski definition) is 3. The lowest BCUT2D eigenvalue weighted by molar-refractivity contribution is 0.0868. The Morgan fingerprint density at radius 3 is 2.76 bits per heavy atom. The smallest absolute Gasteiger partial charge is 0.257 e. The van der Waals surface area contributed by atoms with Crippen LogP contribution < -0.4 is 5.73 Å². The third kappa shape index (κ3) is 1.92. The van der Waals surface area contributed by atoms with Crippen molar-refractivity contribution < 1.29 is 4.79 Å². The fraction of sp³-hybridized carbons (Fsp3) is 0.273. The molecule has 2 rings (SSSR count). The van der Waals surface area contributed by atoms with E-state index in [1.54, 1.807) is 6.92 Å². The van der Waals surface area contributed by atoms with E-state index in [-0.39, 0.29) is 22.2 Å². The first-order valence-electron chi connectivity index (χ1n) is 4.87. The Labute approximate surface area is 109 Å². The number of hydrogen-bond donors (Lipinski definition) is 1. The van der Waals surface area contributed by atoms with E-state index < -0.39 is 5.54 Å². The highest BCUT2D eigenvalue weighted by molar-refractivity contribution is 6.37. The van der Waals surface area contributed by atoms with Gasteiger partial charge in [0.25, 0.3) is 5.91 Å². The number of nitriles is 1. The topological polar surface area (TPSA) is 69.9 Å². The first-order valence-corrected chi connectivity index (χ1v) is 5.62. The van der Waals surface area contributed by atoms with E-state index in [1.807, 2.05) is 0 Å². The molecule has 2 N–H and O–H groups in total. The third-order valence-corrected chi connectivity index (χ3v) is 3.30. The Kier molecular flexibility index (Phi) is 2.69. The Hall–Kier alpha value is -1.44. The average molecular weight is 270 g/mol. The van der Waals surface area contributed by atoms with Crippen LogP contribution in [0.15, 0.2) is 12.1 Å². The molecule has 1 atom stereocenters. The molecule has 0 bridgehead atoms. The van der Waals surface area contributed by atoms with E-state index in [9.17, 15) is 4.79 Å². The monoisotopic (exact) mass is 269 g/mol. The third-order valence-electron chi connectivity index (χ3n) is 2.77. The number of carbonyl (C=O) groups is 1. The fourth-order valence-corrected chi connectivity index (χ4v) is 2.06. The summed E-state index contributed by atoms with van der Waals surface area (Å²) in [6.07, 6.45) is 0. The van der Waals surface area contributed by atoms with E-state index in [0.29, 0.717) is 11.6 Å². The quantitative estimate of drug-likeness (QED) is 0.628. The maximum atomic E-state index is 12.1. The molecule has 0 aliphatic carbocycles. The van der Waals surface area contributed by atoms with Gasteiger partial charge in [-0.25, -0.2) is 0 Å². The summed E-state index contributed by atoms with van der Waals surface area (Å²) in [5.41, 5.74) is 5.41. The lowest BCUT2D eigenvalue weighted by atomic mass is 10.1. The van der Waals surface area contributed by atoms with Crippen LogP contribution in [0.4, 0.5) is 5.69 Å². The minimum absolute atomic E-state index is 0.188. The first-order chi connectivity index (χ1) is 7.89. The molecule has 1 aromatic rings. The average Bonchev–Trinajstić information content (AvgIpc) is 2.96. The molecule has 88 valence electrons. The van der Waals surface area contributed by atoms with Crippen molar-refractivity contribution in [1.82, 2.24) is 4.90 Å². The summed E-state index contributed by atoms with van der Waals surface area (Å²) in [6.45, 7) is 2.08. The second-order valence-electron chi connectivity index (χ2n) is 4.13. The molecule has 1 saturated heterocycles. The van der Waals surface area contributed by atoms with Gasteiger partial charge < -0.3 is 10.6 Å². The van der Waals surface area contributed by atoms with Crippen LogP contribution in [0, 0.1) is 11.3 Å². The molecule has 1 heterocycles. The van der Waals surface area contributed by atoms with Gasteiger partial charge in [-0.1, -0.05) is 23.2 Å². The summed E-state index contributed by atoms with van der Waals surface area (Å²) in [5.74, 6) is -0.323. The molecule has 1 aromatic carbocycles. The highest BCUT2D eigenvalue weighted by Crippen LogP contribution is 2.36. The van der Waals surface area contributed by atoms with Crippen molar-refractivity contribution in [3.8, 4) is 6.07 Å². The van der Waals surface area contributed by atoms with Gasteiger partial charge in [-0.05, 0) is 19.1 Å². The highest BCUT2D eigenvalue weighted by Gasteiger charge is 2.52. The molecule has 1 aliphatic heterocycles. The molecular weight excluding hydrogens is 261 g/mol. The second kappa shape index (κ2) is 3.80. The first kappa shape index (κ1) is 12.0. The summed E-state index contributed by atoms with van der Waals surface area (Å²) in [6, 6.07) is 5.00. The van der Waals surface area contributed by atoms with Gasteiger partial charge in [0, 0.05) is 5.02 Å². The molecular formula is C11H9Cl2N3O. The Morgan fingerprint density at radius 1 is 1.59 bits per heavy atom. The Balaban J connectivity index is 2.37. The predicted molar refractivity (Wildman–Crippen MR) is 65.9 cm³/mol. The molecule has 1 unspecified atom stereocenters. The van der Waals surface area contributed by atoms with Crippen LogP contribution in [-0.4, -0.2) is 22.9 Å². The number of amides is 1. The van der Waals surface area contributed by atoms with Crippen molar-refractivity contribution in [1.29, 1.82) is 5.26 Å². The SMILES string of the molecule is CC1(C#N)CN1C(=O)c1cc(Cl)cc(Cl)c1N. The molecule has 1 amide bonds. The molecule has 6 heteroatoms. The number of nitrogen functional groups attached to an aromatic ring is 1. The van der Waals surface area contributed by atoms with Crippen molar-refractivity contribution in [2.75, 3.05) is 12.3 Å². The van der Waals surface area contributed by atoms with Gasteiger partial charge in [0.15, 0.2) is 0 Å². The van der Waals surface area contributed by atoms with Crippen LogP contribution in [0.2, 0.25) is 10.0 Å². The Bertz CT molecular complexity index is 552. The lowest BCUT2D eigenvalue weighted by Crippen LogP contribution is -2.20. The molecule has 0 saturated carbocycles. The highest BCUT2D eigenvalue weighted by atomic mass is 35.5. The van der Waals surface area contributed by atoms with E-state index in [2.05, 4.69) is 6.07 Å². The zero-order chi connectivity index (χ0) is 12.8. The van der Waals surface area contributed by atoms with Crippen molar-refractivity contribution in [2.45, 2.75) is 12.5 Å². The number of benzene rings is 1. The summed E-state index contributed by atoms with van der Waals surface area (Å²) >= 11 is 11.7. The van der Waals surface area contributed by atoms with E-state index in [1.165, 1.54) is 17.0 Å². The molecule has 17 heavy (non-hydrogen) atoms. The van der Waals surface area contributed by atoms with Gasteiger partial charge in [0.1, 0.15) is 5.54 Å². The molecule has 0 aromatic heterocycles.